The van der Waals surface area contributed by atoms with Gasteiger partial charge in [-0.3, -0.25) is 9.79 Å². The third-order valence-electron chi connectivity index (χ3n) is 3.80. The van der Waals surface area contributed by atoms with Crippen molar-refractivity contribution >= 4 is 28.3 Å². The third kappa shape index (κ3) is 3.44. The Balaban J connectivity index is 2.34. The molecule has 24 heavy (non-hydrogen) atoms. The highest BCUT2D eigenvalue weighted by Gasteiger charge is 2.38. The highest BCUT2D eigenvalue weighted by Crippen LogP contribution is 2.28. The van der Waals surface area contributed by atoms with Crippen molar-refractivity contribution < 1.29 is 22.3 Å². The molecule has 9 heteroatoms. The van der Waals surface area contributed by atoms with E-state index in [0.29, 0.717) is 19.1 Å². The minimum atomic E-state index is -4.36. The van der Waals surface area contributed by atoms with E-state index in [-0.39, 0.29) is 11.3 Å². The first-order chi connectivity index (χ1) is 11.2. The Morgan fingerprint density at radius 1 is 1.50 bits per heavy atom. The van der Waals surface area contributed by atoms with E-state index in [2.05, 4.69) is 11.7 Å². The molecule has 1 heterocycles. The minimum Gasteiger partial charge on any atom is -0.365 e. The summed E-state index contributed by atoms with van der Waals surface area (Å²) in [5.41, 5.74) is -1.90. The van der Waals surface area contributed by atoms with Gasteiger partial charge < -0.3 is 4.74 Å². The van der Waals surface area contributed by atoms with Gasteiger partial charge in [0.05, 0.1) is 10.5 Å². The fourth-order valence-electron chi connectivity index (χ4n) is 2.38. The van der Waals surface area contributed by atoms with E-state index < -0.39 is 32.2 Å². The molecular weight excluding hydrogens is 337 g/mol. The normalized spacial score (nSPS) is 20.9. The van der Waals surface area contributed by atoms with Crippen LogP contribution in [0.25, 0.3) is 0 Å². The van der Waals surface area contributed by atoms with Gasteiger partial charge in [0.1, 0.15) is 17.4 Å². The fraction of sp³-hybridized carbons (Fsp3) is 0.400. The summed E-state index contributed by atoms with van der Waals surface area (Å²) in [4.78, 5) is 15.1. The van der Waals surface area contributed by atoms with E-state index in [1.54, 1.807) is 6.07 Å². The highest BCUT2D eigenvalue weighted by molar-refractivity contribution is 7.90. The van der Waals surface area contributed by atoms with Crippen molar-refractivity contribution in [3.8, 4) is 6.07 Å². The Bertz CT molecular complexity index is 824. The predicted octanol–water partition coefficient (Wildman–Crippen LogP) is 1.79. The monoisotopic (exact) mass is 353 g/mol. The second-order valence-electron chi connectivity index (χ2n) is 5.54. The molecule has 1 amide bonds. The van der Waals surface area contributed by atoms with Gasteiger partial charge in [0.2, 0.25) is 0 Å². The lowest BCUT2D eigenvalue weighted by atomic mass is 9.95. The van der Waals surface area contributed by atoms with Gasteiger partial charge in [-0.2, -0.15) is 5.26 Å². The van der Waals surface area contributed by atoms with Crippen LogP contribution in [0.3, 0.4) is 0 Å². The molecule has 1 atom stereocenters. The molecule has 1 fully saturated rings. The Morgan fingerprint density at radius 2 is 2.21 bits per heavy atom. The molecule has 1 saturated heterocycles. The number of amides is 1. The molecule has 1 aromatic rings. The first kappa shape index (κ1) is 18.0. The summed E-state index contributed by atoms with van der Waals surface area (Å²) in [6.45, 7) is 5.00. The van der Waals surface area contributed by atoms with Crippen molar-refractivity contribution in [1.29, 1.82) is 5.26 Å². The Morgan fingerprint density at radius 3 is 2.75 bits per heavy atom. The summed E-state index contributed by atoms with van der Waals surface area (Å²) >= 11 is 0. The predicted molar refractivity (Wildman–Crippen MR) is 83.9 cm³/mol. The van der Waals surface area contributed by atoms with Crippen molar-refractivity contribution in [2.24, 2.45) is 4.99 Å². The molecule has 0 bridgehead atoms. The second-order valence-corrected chi connectivity index (χ2v) is 7.22. The van der Waals surface area contributed by atoms with Crippen LogP contribution >= 0.6 is 0 Å². The molecule has 1 aromatic carbocycles. The van der Waals surface area contributed by atoms with E-state index >= 15 is 0 Å². The fourth-order valence-corrected chi connectivity index (χ4v) is 3.49. The van der Waals surface area contributed by atoms with Gasteiger partial charge in [-0.1, -0.05) is 0 Å². The molecule has 1 aliphatic heterocycles. The van der Waals surface area contributed by atoms with Gasteiger partial charge in [-0.05, 0) is 45.0 Å². The van der Waals surface area contributed by atoms with Crippen molar-refractivity contribution in [3.05, 3.63) is 23.5 Å². The van der Waals surface area contributed by atoms with Gasteiger partial charge in [-0.15, -0.1) is 0 Å². The van der Waals surface area contributed by atoms with Gasteiger partial charge >= 0.3 is 0 Å². The van der Waals surface area contributed by atoms with Crippen LogP contribution < -0.4 is 4.72 Å². The summed E-state index contributed by atoms with van der Waals surface area (Å²) < 4.78 is 45.9. The molecule has 1 N–H and O–H groups in total. The quantitative estimate of drug-likeness (QED) is 0.830. The number of sulfonamides is 1. The standard InChI is InChI=1S/C15H16FN3O4S/c1-15(5-3-4-6-23-15)14(20)19-24(21,22)11-7-10(9-17)13(18-2)12(16)8-11/h7-8H,2-6H2,1H3,(H,19,20)/t15-/m1/s1. The summed E-state index contributed by atoms with van der Waals surface area (Å²) in [6, 6.07) is 3.27. The van der Waals surface area contributed by atoms with Gasteiger partial charge in [-0.25, -0.2) is 17.5 Å². The lowest BCUT2D eigenvalue weighted by molar-refractivity contribution is -0.148. The van der Waals surface area contributed by atoms with Crippen molar-refractivity contribution in [3.63, 3.8) is 0 Å². The summed E-state index contributed by atoms with van der Waals surface area (Å²) in [5.74, 6) is -1.84. The first-order valence-corrected chi connectivity index (χ1v) is 8.63. The average molecular weight is 353 g/mol. The molecule has 0 aromatic heterocycles. The van der Waals surface area contributed by atoms with Crippen LogP contribution in [0.1, 0.15) is 31.7 Å². The van der Waals surface area contributed by atoms with Gasteiger partial charge in [0.15, 0.2) is 5.82 Å². The summed E-state index contributed by atoms with van der Waals surface area (Å²) in [5, 5.41) is 8.98. The zero-order valence-electron chi connectivity index (χ0n) is 13.0. The smallest absolute Gasteiger partial charge is 0.265 e. The zero-order valence-corrected chi connectivity index (χ0v) is 13.8. The Hall–Kier alpha value is -2.31. The van der Waals surface area contributed by atoms with Gasteiger partial charge in [0.25, 0.3) is 15.9 Å². The lowest BCUT2D eigenvalue weighted by Crippen LogP contribution is -2.50. The molecule has 0 spiro atoms. The number of nitriles is 1. The van der Waals surface area contributed by atoms with Crippen molar-refractivity contribution in [1.82, 2.24) is 4.72 Å². The zero-order chi connectivity index (χ0) is 18.0. The largest absolute Gasteiger partial charge is 0.365 e. The number of ether oxygens (including phenoxy) is 1. The van der Waals surface area contributed by atoms with E-state index in [4.69, 9.17) is 10.00 Å². The molecule has 0 unspecified atom stereocenters. The lowest BCUT2D eigenvalue weighted by Gasteiger charge is -2.32. The molecule has 2 rings (SSSR count). The molecule has 128 valence electrons. The molecular formula is C15H16FN3O4S. The molecule has 0 aliphatic carbocycles. The number of benzene rings is 1. The summed E-state index contributed by atoms with van der Waals surface area (Å²) in [7, 11) is -4.36. The summed E-state index contributed by atoms with van der Waals surface area (Å²) in [6.07, 6.45) is 1.91. The van der Waals surface area contributed by atoms with Crippen LogP contribution in [0.4, 0.5) is 10.1 Å². The number of carbonyl (C=O) groups excluding carboxylic acids is 1. The molecule has 7 nitrogen and oxygen atoms in total. The number of hydrogen-bond acceptors (Lipinski definition) is 6. The van der Waals surface area contributed by atoms with E-state index in [1.807, 2.05) is 4.72 Å². The topological polar surface area (TPSA) is 109 Å². The third-order valence-corrected chi connectivity index (χ3v) is 5.11. The van der Waals surface area contributed by atoms with E-state index in [9.17, 15) is 17.6 Å². The molecule has 1 aliphatic rings. The minimum absolute atomic E-state index is 0.294. The van der Waals surface area contributed by atoms with Crippen LogP contribution in [0.5, 0.6) is 0 Å². The van der Waals surface area contributed by atoms with Crippen LogP contribution in [0.2, 0.25) is 0 Å². The first-order valence-electron chi connectivity index (χ1n) is 7.15. The number of hydrogen-bond donors (Lipinski definition) is 1. The number of nitrogens with one attached hydrogen (secondary N) is 1. The maximum Gasteiger partial charge on any atom is 0.265 e. The van der Waals surface area contributed by atoms with Crippen molar-refractivity contribution in [2.45, 2.75) is 36.7 Å². The average Bonchev–Trinajstić information content (AvgIpc) is 2.54. The number of nitrogens with zero attached hydrogens (tertiary/aromatic N) is 2. The van der Waals surface area contributed by atoms with Crippen LogP contribution in [-0.2, 0) is 19.6 Å². The maximum absolute atomic E-state index is 13.9. The Kier molecular flexibility index (Phi) is 5.01. The van der Waals surface area contributed by atoms with Crippen LogP contribution in [0, 0.1) is 17.1 Å². The van der Waals surface area contributed by atoms with Crippen LogP contribution in [-0.4, -0.2) is 33.3 Å². The van der Waals surface area contributed by atoms with Gasteiger partial charge in [0, 0.05) is 6.61 Å². The number of aliphatic imine (C=N–C) groups is 1. The number of carbonyl (C=O) groups is 1. The van der Waals surface area contributed by atoms with Crippen molar-refractivity contribution in [2.75, 3.05) is 6.61 Å². The van der Waals surface area contributed by atoms with Crippen LogP contribution in [0.15, 0.2) is 22.0 Å². The molecule has 0 radical (unpaired) electrons. The van der Waals surface area contributed by atoms with E-state index in [0.717, 1.165) is 18.9 Å². The SMILES string of the molecule is C=Nc1c(F)cc(S(=O)(=O)NC(=O)[C@@]2(C)CCCCO2)cc1C#N. The van der Waals surface area contributed by atoms with E-state index in [1.165, 1.54) is 6.92 Å². The number of rotatable bonds is 4. The Labute approximate surface area is 139 Å². The second kappa shape index (κ2) is 6.67. The maximum atomic E-state index is 13.9. The molecule has 0 saturated carbocycles. The number of halogens is 1. The highest BCUT2D eigenvalue weighted by atomic mass is 32.2.